The first kappa shape index (κ1) is 21.1. The number of rotatable bonds is 5. The van der Waals surface area contributed by atoms with E-state index in [9.17, 15) is 9.59 Å². The number of quaternary nitrogens is 1. The normalized spacial score (nSPS) is 15.6. The number of amides is 2. The van der Waals surface area contributed by atoms with Gasteiger partial charge >= 0.3 is 0 Å². The first-order chi connectivity index (χ1) is 15.1. The molecule has 2 amide bonds. The van der Waals surface area contributed by atoms with Crippen molar-refractivity contribution < 1.29 is 14.5 Å². The van der Waals surface area contributed by atoms with Crippen LogP contribution in [0.4, 0.5) is 5.69 Å². The van der Waals surface area contributed by atoms with Crippen LogP contribution in [0.25, 0.3) is 10.8 Å². The van der Waals surface area contributed by atoms with Crippen LogP contribution in [0.5, 0.6) is 0 Å². The van der Waals surface area contributed by atoms with Gasteiger partial charge < -0.3 is 14.7 Å². The van der Waals surface area contributed by atoms with Crippen molar-refractivity contribution in [1.29, 1.82) is 0 Å². The molecule has 0 saturated carbocycles. The summed E-state index contributed by atoms with van der Waals surface area (Å²) in [6.45, 7) is 7.56. The van der Waals surface area contributed by atoms with Crippen molar-refractivity contribution in [3.63, 3.8) is 0 Å². The van der Waals surface area contributed by atoms with Crippen molar-refractivity contribution in [1.82, 2.24) is 4.90 Å². The third-order valence-electron chi connectivity index (χ3n) is 6.34. The number of likely N-dealkylation sites (N-methyl/N-ethyl adjacent to an activating group) is 1. The summed E-state index contributed by atoms with van der Waals surface area (Å²) in [7, 11) is 0. The van der Waals surface area contributed by atoms with E-state index in [4.69, 9.17) is 0 Å². The molecule has 1 heterocycles. The summed E-state index contributed by atoms with van der Waals surface area (Å²) < 4.78 is 0. The lowest BCUT2D eigenvalue weighted by Gasteiger charge is -2.36. The van der Waals surface area contributed by atoms with E-state index < -0.39 is 0 Å². The Morgan fingerprint density at radius 3 is 2.29 bits per heavy atom. The van der Waals surface area contributed by atoms with Crippen LogP contribution in [-0.2, 0) is 4.79 Å². The third kappa shape index (κ3) is 4.32. The minimum Gasteiger partial charge on any atom is -0.327 e. The lowest BCUT2D eigenvalue weighted by atomic mass is 10.1. The quantitative estimate of drug-likeness (QED) is 0.695. The Kier molecular flexibility index (Phi) is 6.33. The fourth-order valence-corrected chi connectivity index (χ4v) is 4.49. The molecule has 0 aromatic heterocycles. The summed E-state index contributed by atoms with van der Waals surface area (Å²) in [5.74, 6) is 0.209. The first-order valence-electron chi connectivity index (χ1n) is 11.1. The van der Waals surface area contributed by atoms with Gasteiger partial charge in [0.1, 0.15) is 0 Å². The summed E-state index contributed by atoms with van der Waals surface area (Å²) >= 11 is 0. The van der Waals surface area contributed by atoms with Gasteiger partial charge in [-0.2, -0.15) is 0 Å². The summed E-state index contributed by atoms with van der Waals surface area (Å²) in [5.41, 5.74) is 1.69. The fourth-order valence-electron chi connectivity index (χ4n) is 4.49. The summed E-state index contributed by atoms with van der Waals surface area (Å²) in [5, 5.41) is 2.24. The van der Waals surface area contributed by atoms with Gasteiger partial charge in [0.05, 0.1) is 31.9 Å². The van der Waals surface area contributed by atoms with Gasteiger partial charge in [0, 0.05) is 17.5 Å². The first-order valence-corrected chi connectivity index (χ1v) is 11.1. The Balaban J connectivity index is 1.45. The van der Waals surface area contributed by atoms with Crippen LogP contribution in [0.3, 0.4) is 0 Å². The van der Waals surface area contributed by atoms with Crippen molar-refractivity contribution in [3.05, 3.63) is 78.4 Å². The molecule has 0 bridgehead atoms. The van der Waals surface area contributed by atoms with Gasteiger partial charge in [-0.05, 0) is 37.4 Å². The van der Waals surface area contributed by atoms with E-state index in [1.807, 2.05) is 78.2 Å². The Hall–Kier alpha value is -3.18. The summed E-state index contributed by atoms with van der Waals surface area (Å²) in [4.78, 5) is 31.2. The molecule has 1 atom stereocenters. The van der Waals surface area contributed by atoms with Crippen molar-refractivity contribution in [3.8, 4) is 0 Å². The molecule has 3 aromatic carbocycles. The molecule has 0 radical (unpaired) electrons. The number of nitrogens with zero attached hydrogens (tertiary/aromatic N) is 2. The predicted molar refractivity (Wildman–Crippen MR) is 124 cm³/mol. The molecule has 0 unspecified atom stereocenters. The minimum absolute atomic E-state index is 0.0737. The lowest BCUT2D eigenvalue weighted by molar-refractivity contribution is -0.917. The van der Waals surface area contributed by atoms with Crippen molar-refractivity contribution in [2.24, 2.45) is 0 Å². The maximum Gasteiger partial charge on any atom is 0.284 e. The second-order valence-electron chi connectivity index (χ2n) is 8.12. The van der Waals surface area contributed by atoms with Crippen LogP contribution < -0.4 is 9.80 Å². The van der Waals surface area contributed by atoms with Gasteiger partial charge in [-0.3, -0.25) is 9.59 Å². The van der Waals surface area contributed by atoms with E-state index in [2.05, 4.69) is 18.2 Å². The molecule has 1 fully saturated rings. The van der Waals surface area contributed by atoms with Gasteiger partial charge in [0.25, 0.3) is 11.8 Å². The van der Waals surface area contributed by atoms with E-state index in [1.165, 1.54) is 4.90 Å². The smallest absolute Gasteiger partial charge is 0.284 e. The largest absolute Gasteiger partial charge is 0.327 e. The molecular weight excluding hydrogens is 386 g/mol. The maximum absolute atomic E-state index is 13.5. The average molecular weight is 417 g/mol. The highest BCUT2D eigenvalue weighted by Crippen LogP contribution is 2.27. The zero-order valence-electron chi connectivity index (χ0n) is 18.3. The number of piperazine rings is 1. The van der Waals surface area contributed by atoms with E-state index in [0.29, 0.717) is 19.6 Å². The highest BCUT2D eigenvalue weighted by molar-refractivity contribution is 6.05. The molecule has 1 saturated heterocycles. The van der Waals surface area contributed by atoms with Gasteiger partial charge in [-0.15, -0.1) is 0 Å². The molecule has 160 valence electrons. The fraction of sp³-hybridized carbons (Fsp3) is 0.308. The number of nitrogens with one attached hydrogen (secondary N) is 1. The Labute approximate surface area is 183 Å². The topological polar surface area (TPSA) is 45.1 Å². The molecule has 31 heavy (non-hydrogen) atoms. The number of carbonyl (C=O) groups is 2. The molecule has 3 aromatic rings. The molecule has 0 aliphatic carbocycles. The van der Waals surface area contributed by atoms with Crippen LogP contribution in [0.15, 0.2) is 72.8 Å². The number of hydrogen-bond acceptors (Lipinski definition) is 2. The van der Waals surface area contributed by atoms with Crippen molar-refractivity contribution >= 4 is 28.3 Å². The zero-order valence-corrected chi connectivity index (χ0v) is 18.3. The number of carbonyl (C=O) groups excluding carboxylic acids is 2. The number of hydrogen-bond donors (Lipinski definition) is 1. The average Bonchev–Trinajstić information content (AvgIpc) is 2.84. The number of benzene rings is 3. The highest BCUT2D eigenvalue weighted by atomic mass is 16.2. The summed E-state index contributed by atoms with van der Waals surface area (Å²) in [6.07, 6.45) is 0. The van der Waals surface area contributed by atoms with Crippen LogP contribution in [0, 0.1) is 0 Å². The van der Waals surface area contributed by atoms with Gasteiger partial charge in [0.15, 0.2) is 6.04 Å². The van der Waals surface area contributed by atoms with Crippen LogP contribution in [-0.4, -0.2) is 55.5 Å². The molecule has 1 N–H and O–H groups in total. The second kappa shape index (κ2) is 9.31. The highest BCUT2D eigenvalue weighted by Gasteiger charge is 2.33. The van der Waals surface area contributed by atoms with E-state index in [1.54, 1.807) is 0 Å². The molecule has 0 spiro atoms. The molecular formula is C26H30N3O2+. The van der Waals surface area contributed by atoms with E-state index in [0.717, 1.165) is 35.1 Å². The molecule has 1 aliphatic heterocycles. The SMILES string of the molecule is CCN(C(=O)[C@H](C)[NH+]1CCN(C(=O)c2ccccc2)CC1)c1cccc2ccccc12. The van der Waals surface area contributed by atoms with Crippen LogP contribution in [0.2, 0.25) is 0 Å². The summed E-state index contributed by atoms with van der Waals surface area (Å²) in [6, 6.07) is 23.6. The Bertz CT molecular complexity index is 1050. The van der Waals surface area contributed by atoms with Gasteiger partial charge in [-0.25, -0.2) is 0 Å². The van der Waals surface area contributed by atoms with Gasteiger partial charge in [0.2, 0.25) is 0 Å². The second-order valence-corrected chi connectivity index (χ2v) is 8.12. The van der Waals surface area contributed by atoms with E-state index in [-0.39, 0.29) is 17.9 Å². The molecule has 5 heteroatoms. The zero-order chi connectivity index (χ0) is 21.8. The molecule has 5 nitrogen and oxygen atoms in total. The van der Waals surface area contributed by atoms with Crippen molar-refractivity contribution in [2.45, 2.75) is 19.9 Å². The lowest BCUT2D eigenvalue weighted by Crippen LogP contribution is -3.19. The standard InChI is InChI=1S/C26H29N3O2/c1-3-29(24-15-9-13-21-10-7-8-14-23(21)24)25(30)20(2)27-16-18-28(19-17-27)26(31)22-11-5-4-6-12-22/h4-15,20H,3,16-19H2,1-2H3/p+1/t20-/m0/s1. The Morgan fingerprint density at radius 2 is 1.58 bits per heavy atom. The predicted octanol–water partition coefficient (Wildman–Crippen LogP) is 2.62. The third-order valence-corrected chi connectivity index (χ3v) is 6.34. The number of anilines is 1. The monoisotopic (exact) mass is 416 g/mol. The Morgan fingerprint density at radius 1 is 0.935 bits per heavy atom. The minimum atomic E-state index is -0.159. The molecule has 4 rings (SSSR count). The van der Waals surface area contributed by atoms with Crippen molar-refractivity contribution in [2.75, 3.05) is 37.6 Å². The van der Waals surface area contributed by atoms with Crippen LogP contribution >= 0.6 is 0 Å². The van der Waals surface area contributed by atoms with Crippen LogP contribution in [0.1, 0.15) is 24.2 Å². The maximum atomic E-state index is 13.5. The van der Waals surface area contributed by atoms with E-state index >= 15 is 0 Å². The van der Waals surface area contributed by atoms with Gasteiger partial charge in [-0.1, -0.05) is 54.6 Å². The molecule has 1 aliphatic rings. The number of fused-ring (bicyclic) bond motifs is 1.